The third-order valence-corrected chi connectivity index (χ3v) is 5.33. The molecule has 18 heavy (non-hydrogen) atoms. The van der Waals surface area contributed by atoms with Gasteiger partial charge < -0.3 is 5.32 Å². The molecule has 2 rings (SSSR count). The van der Waals surface area contributed by atoms with Gasteiger partial charge in [0.1, 0.15) is 0 Å². The highest BCUT2D eigenvalue weighted by molar-refractivity contribution is 7.89. The number of rotatable bonds is 6. The van der Waals surface area contributed by atoms with E-state index < -0.39 is 10.0 Å². The molecule has 0 aromatic heterocycles. The van der Waals surface area contributed by atoms with Crippen molar-refractivity contribution in [2.24, 2.45) is 0 Å². The van der Waals surface area contributed by atoms with E-state index in [9.17, 15) is 8.42 Å². The topological polar surface area (TPSA) is 49.4 Å². The lowest BCUT2D eigenvalue weighted by molar-refractivity contribution is 0.402. The van der Waals surface area contributed by atoms with E-state index in [2.05, 4.69) is 5.32 Å². The third kappa shape index (κ3) is 2.74. The van der Waals surface area contributed by atoms with Crippen LogP contribution < -0.4 is 5.32 Å². The summed E-state index contributed by atoms with van der Waals surface area (Å²) in [4.78, 5) is 0.438. The summed E-state index contributed by atoms with van der Waals surface area (Å²) in [5, 5.41) is 3.01. The molecule has 1 aromatic carbocycles. The minimum Gasteiger partial charge on any atom is -0.318 e. The van der Waals surface area contributed by atoms with Gasteiger partial charge in [-0.2, -0.15) is 4.31 Å². The molecule has 0 bridgehead atoms. The van der Waals surface area contributed by atoms with Crippen molar-refractivity contribution in [1.29, 1.82) is 0 Å². The molecule has 0 amide bonds. The number of benzene rings is 1. The normalized spacial score (nSPS) is 16.2. The van der Waals surface area contributed by atoms with Gasteiger partial charge in [-0.15, -0.1) is 0 Å². The SMILES string of the molecule is CNCCN(C1CC1)S(=O)(=O)c1ccccc1C. The van der Waals surface area contributed by atoms with Crippen LogP contribution in [-0.4, -0.2) is 38.9 Å². The summed E-state index contributed by atoms with van der Waals surface area (Å²) in [5.41, 5.74) is 0.813. The number of aryl methyl sites for hydroxylation is 1. The fourth-order valence-corrected chi connectivity index (χ4v) is 3.97. The lowest BCUT2D eigenvalue weighted by Gasteiger charge is -2.22. The second-order valence-electron chi connectivity index (χ2n) is 4.72. The van der Waals surface area contributed by atoms with Gasteiger partial charge in [-0.3, -0.25) is 0 Å². The van der Waals surface area contributed by atoms with Gasteiger partial charge >= 0.3 is 0 Å². The fourth-order valence-electron chi connectivity index (χ4n) is 2.06. The number of nitrogens with zero attached hydrogens (tertiary/aromatic N) is 1. The zero-order valence-electron chi connectivity index (χ0n) is 10.9. The molecule has 0 spiro atoms. The molecule has 1 aromatic rings. The minimum atomic E-state index is -3.35. The summed E-state index contributed by atoms with van der Waals surface area (Å²) in [5.74, 6) is 0. The Morgan fingerprint density at radius 2 is 2.00 bits per heavy atom. The lowest BCUT2D eigenvalue weighted by atomic mass is 10.2. The van der Waals surface area contributed by atoms with Gasteiger partial charge in [0.05, 0.1) is 4.90 Å². The smallest absolute Gasteiger partial charge is 0.243 e. The Bertz CT molecular complexity index is 509. The summed E-state index contributed by atoms with van der Waals surface area (Å²) in [7, 11) is -1.51. The van der Waals surface area contributed by atoms with Gasteiger partial charge in [0, 0.05) is 19.1 Å². The van der Waals surface area contributed by atoms with Crippen molar-refractivity contribution in [2.45, 2.75) is 30.7 Å². The molecule has 0 heterocycles. The van der Waals surface area contributed by atoms with E-state index in [1.165, 1.54) is 0 Å². The number of hydrogen-bond acceptors (Lipinski definition) is 3. The molecular formula is C13H20N2O2S. The summed E-state index contributed by atoms with van der Waals surface area (Å²) in [6.07, 6.45) is 1.96. The summed E-state index contributed by atoms with van der Waals surface area (Å²) < 4.78 is 26.9. The van der Waals surface area contributed by atoms with Gasteiger partial charge in [-0.05, 0) is 38.4 Å². The van der Waals surface area contributed by atoms with Crippen LogP contribution in [0.5, 0.6) is 0 Å². The zero-order valence-corrected chi connectivity index (χ0v) is 11.7. The van der Waals surface area contributed by atoms with Crippen LogP contribution in [0.3, 0.4) is 0 Å². The number of likely N-dealkylation sites (N-methyl/N-ethyl adjacent to an activating group) is 1. The molecule has 0 radical (unpaired) electrons. The van der Waals surface area contributed by atoms with Gasteiger partial charge in [-0.1, -0.05) is 18.2 Å². The van der Waals surface area contributed by atoms with Crippen LogP contribution in [-0.2, 0) is 10.0 Å². The Morgan fingerprint density at radius 3 is 2.56 bits per heavy atom. The van der Waals surface area contributed by atoms with Gasteiger partial charge in [0.25, 0.3) is 0 Å². The Balaban J connectivity index is 2.30. The molecule has 5 heteroatoms. The molecule has 1 aliphatic carbocycles. The largest absolute Gasteiger partial charge is 0.318 e. The molecule has 0 saturated heterocycles. The van der Waals surface area contributed by atoms with Crippen molar-refractivity contribution in [1.82, 2.24) is 9.62 Å². The standard InChI is InChI=1S/C13H20N2O2S/c1-11-5-3-4-6-13(11)18(16,17)15(10-9-14-2)12-7-8-12/h3-6,12,14H,7-10H2,1-2H3. The van der Waals surface area contributed by atoms with Crippen molar-refractivity contribution >= 4 is 10.0 Å². The molecule has 4 nitrogen and oxygen atoms in total. The van der Waals surface area contributed by atoms with E-state index in [0.29, 0.717) is 18.0 Å². The van der Waals surface area contributed by atoms with Crippen LogP contribution in [0.2, 0.25) is 0 Å². The fraction of sp³-hybridized carbons (Fsp3) is 0.538. The molecule has 100 valence electrons. The Labute approximate surface area is 109 Å². The average molecular weight is 268 g/mol. The highest BCUT2D eigenvalue weighted by atomic mass is 32.2. The minimum absolute atomic E-state index is 0.197. The van der Waals surface area contributed by atoms with E-state index in [4.69, 9.17) is 0 Å². The van der Waals surface area contributed by atoms with E-state index in [1.54, 1.807) is 16.4 Å². The first-order chi connectivity index (χ1) is 8.57. The van der Waals surface area contributed by atoms with Gasteiger partial charge in [0.2, 0.25) is 10.0 Å². The number of nitrogens with one attached hydrogen (secondary N) is 1. The van der Waals surface area contributed by atoms with E-state index in [0.717, 1.165) is 18.4 Å². The zero-order chi connectivity index (χ0) is 13.2. The Kier molecular flexibility index (Phi) is 4.04. The first kappa shape index (κ1) is 13.5. The monoisotopic (exact) mass is 268 g/mol. The average Bonchev–Trinajstić information content (AvgIpc) is 3.14. The Morgan fingerprint density at radius 1 is 1.33 bits per heavy atom. The maximum atomic E-state index is 12.6. The van der Waals surface area contributed by atoms with Crippen molar-refractivity contribution in [2.75, 3.05) is 20.1 Å². The van der Waals surface area contributed by atoms with Crippen LogP contribution in [0.4, 0.5) is 0 Å². The number of sulfonamides is 1. The van der Waals surface area contributed by atoms with Gasteiger partial charge in [-0.25, -0.2) is 8.42 Å². The highest BCUT2D eigenvalue weighted by Gasteiger charge is 2.37. The molecule has 0 unspecified atom stereocenters. The predicted octanol–water partition coefficient (Wildman–Crippen LogP) is 1.37. The first-order valence-electron chi connectivity index (χ1n) is 6.29. The summed E-state index contributed by atoms with van der Waals surface area (Å²) >= 11 is 0. The van der Waals surface area contributed by atoms with Crippen molar-refractivity contribution in [3.63, 3.8) is 0 Å². The molecule has 1 N–H and O–H groups in total. The molecule has 0 aliphatic heterocycles. The van der Waals surface area contributed by atoms with E-state index in [-0.39, 0.29) is 6.04 Å². The molecular weight excluding hydrogens is 248 g/mol. The summed E-state index contributed by atoms with van der Waals surface area (Å²) in [6.45, 7) is 3.06. The first-order valence-corrected chi connectivity index (χ1v) is 7.73. The maximum Gasteiger partial charge on any atom is 0.243 e. The van der Waals surface area contributed by atoms with Crippen molar-refractivity contribution < 1.29 is 8.42 Å². The van der Waals surface area contributed by atoms with Gasteiger partial charge in [0.15, 0.2) is 0 Å². The second-order valence-corrected chi connectivity index (χ2v) is 6.57. The quantitative estimate of drug-likeness (QED) is 0.847. The van der Waals surface area contributed by atoms with Crippen molar-refractivity contribution in [3.05, 3.63) is 29.8 Å². The van der Waals surface area contributed by atoms with Crippen LogP contribution in [0.25, 0.3) is 0 Å². The lowest BCUT2D eigenvalue weighted by Crippen LogP contribution is -2.38. The summed E-state index contributed by atoms with van der Waals surface area (Å²) in [6, 6.07) is 7.38. The molecule has 1 aliphatic rings. The molecule has 0 atom stereocenters. The van der Waals surface area contributed by atoms with Crippen LogP contribution >= 0.6 is 0 Å². The van der Waals surface area contributed by atoms with E-state index >= 15 is 0 Å². The van der Waals surface area contributed by atoms with Crippen LogP contribution in [0.1, 0.15) is 18.4 Å². The third-order valence-electron chi connectivity index (χ3n) is 3.22. The number of hydrogen-bond donors (Lipinski definition) is 1. The highest BCUT2D eigenvalue weighted by Crippen LogP contribution is 2.32. The molecule has 1 saturated carbocycles. The van der Waals surface area contributed by atoms with Crippen LogP contribution in [0, 0.1) is 6.92 Å². The second kappa shape index (κ2) is 5.38. The van der Waals surface area contributed by atoms with E-state index in [1.807, 2.05) is 26.1 Å². The Hall–Kier alpha value is -0.910. The van der Waals surface area contributed by atoms with Crippen LogP contribution in [0.15, 0.2) is 29.2 Å². The predicted molar refractivity (Wildman–Crippen MR) is 72.0 cm³/mol. The maximum absolute atomic E-state index is 12.6. The molecule has 1 fully saturated rings. The van der Waals surface area contributed by atoms with Crippen molar-refractivity contribution in [3.8, 4) is 0 Å².